The Labute approximate surface area is 157 Å². The Morgan fingerprint density at radius 2 is 2.15 bits per heavy atom. The van der Waals surface area contributed by atoms with Gasteiger partial charge < -0.3 is 5.32 Å². The van der Waals surface area contributed by atoms with E-state index >= 15 is 0 Å². The van der Waals surface area contributed by atoms with Crippen molar-refractivity contribution in [3.05, 3.63) is 46.8 Å². The minimum absolute atomic E-state index is 0.0112. The maximum atomic E-state index is 12.7. The van der Waals surface area contributed by atoms with Crippen LogP contribution in [0.3, 0.4) is 0 Å². The molecule has 136 valence electrons. The van der Waals surface area contributed by atoms with Crippen LogP contribution >= 0.6 is 11.6 Å². The zero-order valence-electron chi connectivity index (χ0n) is 14.8. The van der Waals surface area contributed by atoms with Crippen molar-refractivity contribution in [3.8, 4) is 0 Å². The van der Waals surface area contributed by atoms with Crippen LogP contribution in [0.2, 0.25) is 5.15 Å². The second kappa shape index (κ2) is 7.74. The fraction of sp³-hybridized carbons (Fsp3) is 0.316. The highest BCUT2D eigenvalue weighted by Crippen LogP contribution is 2.29. The number of unbranched alkanes of at least 4 members (excludes halogenated alkanes) is 1. The predicted molar refractivity (Wildman–Crippen MR) is 103 cm³/mol. The van der Waals surface area contributed by atoms with E-state index in [0.29, 0.717) is 16.5 Å². The van der Waals surface area contributed by atoms with Crippen molar-refractivity contribution >= 4 is 40.9 Å². The van der Waals surface area contributed by atoms with E-state index in [1.165, 1.54) is 11.0 Å². The third-order valence-corrected chi connectivity index (χ3v) is 4.66. The topological polar surface area (TPSA) is 67.2 Å². The molecule has 0 bridgehead atoms. The molecule has 1 aromatic carbocycles. The van der Waals surface area contributed by atoms with E-state index in [1.807, 2.05) is 25.1 Å². The fourth-order valence-electron chi connectivity index (χ4n) is 2.89. The first-order chi connectivity index (χ1) is 12.5. The van der Waals surface area contributed by atoms with Crippen molar-refractivity contribution in [2.45, 2.75) is 33.2 Å². The van der Waals surface area contributed by atoms with Gasteiger partial charge >= 0.3 is 0 Å². The van der Waals surface area contributed by atoms with Crippen LogP contribution in [0.15, 0.2) is 30.3 Å². The summed E-state index contributed by atoms with van der Waals surface area (Å²) in [6.07, 6.45) is 5.15. The van der Waals surface area contributed by atoms with Gasteiger partial charge in [0, 0.05) is 18.2 Å². The lowest BCUT2D eigenvalue weighted by molar-refractivity contribution is -0.119. The SMILES string of the molecule is CCCCn1nc(C)c(/C=C/C(=O)N2CC(=O)Nc3ccccc32)c1Cl. The van der Waals surface area contributed by atoms with Crippen molar-refractivity contribution in [2.24, 2.45) is 0 Å². The Morgan fingerprint density at radius 3 is 2.92 bits per heavy atom. The zero-order valence-corrected chi connectivity index (χ0v) is 15.6. The van der Waals surface area contributed by atoms with Crippen LogP contribution in [0.4, 0.5) is 11.4 Å². The third-order valence-electron chi connectivity index (χ3n) is 4.26. The molecule has 1 aliphatic rings. The molecule has 2 aromatic rings. The predicted octanol–water partition coefficient (Wildman–Crippen LogP) is 3.64. The van der Waals surface area contributed by atoms with E-state index in [0.717, 1.165) is 30.6 Å². The Kier molecular flexibility index (Phi) is 5.42. The lowest BCUT2D eigenvalue weighted by Gasteiger charge is -2.28. The molecule has 2 heterocycles. The molecule has 26 heavy (non-hydrogen) atoms. The van der Waals surface area contributed by atoms with Gasteiger partial charge in [0.1, 0.15) is 11.7 Å². The van der Waals surface area contributed by atoms with Gasteiger partial charge in [-0.1, -0.05) is 37.1 Å². The molecule has 1 aromatic heterocycles. The molecule has 1 N–H and O–H groups in total. The molecule has 6 nitrogen and oxygen atoms in total. The van der Waals surface area contributed by atoms with Crippen molar-refractivity contribution in [1.29, 1.82) is 0 Å². The first-order valence-electron chi connectivity index (χ1n) is 8.62. The molecule has 0 saturated heterocycles. The number of hydrogen-bond acceptors (Lipinski definition) is 3. The van der Waals surface area contributed by atoms with Crippen LogP contribution in [-0.4, -0.2) is 28.1 Å². The average molecular weight is 373 g/mol. The summed E-state index contributed by atoms with van der Waals surface area (Å²) < 4.78 is 1.76. The van der Waals surface area contributed by atoms with Gasteiger partial charge in [0.05, 0.1) is 17.1 Å². The summed E-state index contributed by atoms with van der Waals surface area (Å²) in [5.41, 5.74) is 2.81. The number of para-hydroxylation sites is 2. The number of carbonyl (C=O) groups is 2. The summed E-state index contributed by atoms with van der Waals surface area (Å²) in [4.78, 5) is 26.0. The van der Waals surface area contributed by atoms with Crippen LogP contribution < -0.4 is 10.2 Å². The molecule has 0 radical (unpaired) electrons. The summed E-state index contributed by atoms with van der Waals surface area (Å²) >= 11 is 6.40. The van der Waals surface area contributed by atoms with E-state index in [4.69, 9.17) is 11.6 Å². The smallest absolute Gasteiger partial charge is 0.251 e. The third kappa shape index (κ3) is 3.65. The number of anilines is 2. The normalized spacial score (nSPS) is 13.8. The van der Waals surface area contributed by atoms with Gasteiger partial charge in [-0.25, -0.2) is 0 Å². The molecule has 0 spiro atoms. The highest BCUT2D eigenvalue weighted by atomic mass is 35.5. The van der Waals surface area contributed by atoms with Gasteiger partial charge in [-0.3, -0.25) is 19.2 Å². The second-order valence-electron chi connectivity index (χ2n) is 6.19. The largest absolute Gasteiger partial charge is 0.323 e. The Bertz CT molecular complexity index is 872. The molecular weight excluding hydrogens is 352 g/mol. The molecular formula is C19H21ClN4O2. The number of benzene rings is 1. The molecule has 1 aliphatic heterocycles. The number of nitrogens with zero attached hydrogens (tertiary/aromatic N) is 3. The van der Waals surface area contributed by atoms with Crippen LogP contribution in [-0.2, 0) is 16.1 Å². The average Bonchev–Trinajstić information content (AvgIpc) is 2.90. The minimum Gasteiger partial charge on any atom is -0.323 e. The van der Waals surface area contributed by atoms with E-state index in [9.17, 15) is 9.59 Å². The highest BCUT2D eigenvalue weighted by Gasteiger charge is 2.25. The maximum Gasteiger partial charge on any atom is 0.251 e. The van der Waals surface area contributed by atoms with Gasteiger partial charge in [0.15, 0.2) is 0 Å². The molecule has 0 saturated carbocycles. The quantitative estimate of drug-likeness (QED) is 0.815. The first-order valence-corrected chi connectivity index (χ1v) is 9.00. The van der Waals surface area contributed by atoms with Crippen LogP contribution in [0.5, 0.6) is 0 Å². The molecule has 2 amide bonds. The van der Waals surface area contributed by atoms with Gasteiger partial charge in [0.2, 0.25) is 5.91 Å². The highest BCUT2D eigenvalue weighted by molar-refractivity contribution is 6.31. The number of rotatable bonds is 5. The Hall–Kier alpha value is -2.60. The van der Waals surface area contributed by atoms with Crippen molar-refractivity contribution < 1.29 is 9.59 Å². The first kappa shape index (κ1) is 18.2. The molecule has 0 unspecified atom stereocenters. The van der Waals surface area contributed by atoms with E-state index in [2.05, 4.69) is 17.3 Å². The molecule has 0 fully saturated rings. The van der Waals surface area contributed by atoms with Crippen LogP contribution in [0, 0.1) is 6.92 Å². The number of aromatic nitrogens is 2. The number of fused-ring (bicyclic) bond motifs is 1. The summed E-state index contributed by atoms with van der Waals surface area (Å²) in [5.74, 6) is -0.490. The molecule has 0 aliphatic carbocycles. The Morgan fingerprint density at radius 1 is 1.38 bits per heavy atom. The van der Waals surface area contributed by atoms with E-state index in [-0.39, 0.29) is 18.4 Å². The Balaban J connectivity index is 1.83. The summed E-state index contributed by atoms with van der Waals surface area (Å²) in [5, 5.41) is 7.72. The lowest BCUT2D eigenvalue weighted by atomic mass is 10.2. The number of halogens is 1. The standard InChI is InChI=1S/C19H21ClN4O2/c1-3-4-11-24-19(20)14(13(2)22-24)9-10-18(26)23-12-17(25)21-15-7-5-6-8-16(15)23/h5-10H,3-4,11-12H2,1-2H3,(H,21,25)/b10-9+. The van der Waals surface area contributed by atoms with Crippen LogP contribution in [0.25, 0.3) is 6.08 Å². The van der Waals surface area contributed by atoms with Gasteiger partial charge in [-0.15, -0.1) is 0 Å². The monoisotopic (exact) mass is 372 g/mol. The van der Waals surface area contributed by atoms with E-state index < -0.39 is 0 Å². The van der Waals surface area contributed by atoms with Crippen molar-refractivity contribution in [1.82, 2.24) is 9.78 Å². The number of nitrogens with one attached hydrogen (secondary N) is 1. The maximum absolute atomic E-state index is 12.7. The second-order valence-corrected chi connectivity index (χ2v) is 6.55. The minimum atomic E-state index is -0.274. The summed E-state index contributed by atoms with van der Waals surface area (Å²) in [6, 6.07) is 7.23. The molecule has 7 heteroatoms. The van der Waals surface area contributed by atoms with Gasteiger partial charge in [0.25, 0.3) is 5.91 Å². The van der Waals surface area contributed by atoms with Gasteiger partial charge in [-0.2, -0.15) is 5.10 Å². The molecule has 0 atom stereocenters. The summed E-state index contributed by atoms with van der Waals surface area (Å²) in [6.45, 7) is 4.71. The lowest BCUT2D eigenvalue weighted by Crippen LogP contribution is -2.41. The summed E-state index contributed by atoms with van der Waals surface area (Å²) in [7, 11) is 0. The van der Waals surface area contributed by atoms with Crippen LogP contribution in [0.1, 0.15) is 31.0 Å². The zero-order chi connectivity index (χ0) is 18.7. The van der Waals surface area contributed by atoms with Crippen molar-refractivity contribution in [2.75, 3.05) is 16.8 Å². The number of carbonyl (C=O) groups excluding carboxylic acids is 2. The number of amides is 2. The van der Waals surface area contributed by atoms with E-state index in [1.54, 1.807) is 16.8 Å². The van der Waals surface area contributed by atoms with Gasteiger partial charge in [-0.05, 0) is 31.6 Å². The van der Waals surface area contributed by atoms with Crippen molar-refractivity contribution in [3.63, 3.8) is 0 Å². The number of aryl methyl sites for hydroxylation is 2. The molecule has 3 rings (SSSR count). The fourth-order valence-corrected chi connectivity index (χ4v) is 3.21. The number of hydrogen-bond donors (Lipinski definition) is 1.